The monoisotopic (exact) mass is 867 g/mol. The molecule has 0 aromatic heterocycles. The zero-order chi connectivity index (χ0) is 44.9. The maximum Gasteiger partial charge on any atom is 0.0431 e. The van der Waals surface area contributed by atoms with E-state index >= 15 is 0 Å². The van der Waals surface area contributed by atoms with E-state index in [0.717, 1.165) is 19.3 Å². The average Bonchev–Trinajstić information content (AvgIpc) is 3.27. The predicted octanol–water partition coefficient (Wildman–Crippen LogP) is 20.3. The number of unbranched alkanes of at least 4 members (excludes halogenated alkanes) is 49. The summed E-state index contributed by atoms with van der Waals surface area (Å²) in [6, 6.07) is 0. The first kappa shape index (κ1) is 65.2. The van der Waals surface area contributed by atoms with Crippen molar-refractivity contribution in [2.45, 2.75) is 355 Å². The standard InChI is InChI=1S/C27H56O.C19H40O.C12H26O/c1-2-3-4-5-6-7-8-9-10-11-12-13-14-15-16-17-18-19-20-21-22-23-24-25-26-27-28;1-2-3-4-5-6-7-8-9-10-11-12-13-14-15-16-17-18-19-20;1-2-3-4-5-6-7-8-9-10-11-12-13/h28H,2-27H2,1H3;20H,2-19H2,1H3;13H,2-12H2,1H3. The van der Waals surface area contributed by atoms with Gasteiger partial charge in [-0.1, -0.05) is 335 Å². The molecule has 3 N–H and O–H groups in total. The SMILES string of the molecule is CCCCCCCCCCCCCCCCCCCCCCCCCCCO.CCCCCCCCCCCCCCCCCCCO.CCCCCCCCCCCCO. The molecule has 372 valence electrons. The summed E-state index contributed by atoms with van der Waals surface area (Å²) in [5.74, 6) is 0. The van der Waals surface area contributed by atoms with E-state index in [4.69, 9.17) is 15.3 Å². The summed E-state index contributed by atoms with van der Waals surface area (Å²) >= 11 is 0. The van der Waals surface area contributed by atoms with Crippen LogP contribution < -0.4 is 0 Å². The highest BCUT2D eigenvalue weighted by Gasteiger charge is 1.98. The minimum absolute atomic E-state index is 0.372. The fourth-order valence-electron chi connectivity index (χ4n) is 8.69. The van der Waals surface area contributed by atoms with Crippen molar-refractivity contribution in [3.05, 3.63) is 0 Å². The van der Waals surface area contributed by atoms with Crippen molar-refractivity contribution >= 4 is 0 Å². The van der Waals surface area contributed by atoms with Gasteiger partial charge in [0, 0.05) is 19.8 Å². The summed E-state index contributed by atoms with van der Waals surface area (Å²) in [5.41, 5.74) is 0. The lowest BCUT2D eigenvalue weighted by Crippen LogP contribution is -1.85. The summed E-state index contributed by atoms with van der Waals surface area (Å²) in [5, 5.41) is 26.0. The first-order valence-electron chi connectivity index (χ1n) is 29.1. The van der Waals surface area contributed by atoms with Crippen LogP contribution in [0.3, 0.4) is 0 Å². The van der Waals surface area contributed by atoms with Gasteiger partial charge in [0.2, 0.25) is 0 Å². The van der Waals surface area contributed by atoms with Crippen LogP contribution in [0.25, 0.3) is 0 Å². The smallest absolute Gasteiger partial charge is 0.0431 e. The molecule has 0 bridgehead atoms. The van der Waals surface area contributed by atoms with E-state index in [2.05, 4.69) is 20.8 Å². The Hall–Kier alpha value is -0.120. The van der Waals surface area contributed by atoms with Crippen LogP contribution in [0.15, 0.2) is 0 Å². The number of aliphatic hydroxyl groups excluding tert-OH is 3. The Kier molecular flexibility index (Phi) is 73.6. The van der Waals surface area contributed by atoms with Gasteiger partial charge in [0.25, 0.3) is 0 Å². The largest absolute Gasteiger partial charge is 0.396 e. The molecular weight excluding hydrogens is 745 g/mol. The van der Waals surface area contributed by atoms with Gasteiger partial charge in [-0.25, -0.2) is 0 Å². The van der Waals surface area contributed by atoms with E-state index in [-0.39, 0.29) is 0 Å². The minimum Gasteiger partial charge on any atom is -0.396 e. The molecule has 0 spiro atoms. The summed E-state index contributed by atoms with van der Waals surface area (Å²) in [6.45, 7) is 7.96. The molecule has 0 atom stereocenters. The average molecular weight is 868 g/mol. The van der Waals surface area contributed by atoms with Crippen LogP contribution in [-0.4, -0.2) is 35.1 Å². The molecule has 0 rings (SSSR count). The van der Waals surface area contributed by atoms with E-state index < -0.39 is 0 Å². The third-order valence-electron chi connectivity index (χ3n) is 13.0. The Bertz CT molecular complexity index is 599. The van der Waals surface area contributed by atoms with Crippen molar-refractivity contribution in [2.75, 3.05) is 19.8 Å². The van der Waals surface area contributed by atoms with E-state index in [1.54, 1.807) is 0 Å². The van der Waals surface area contributed by atoms with Crippen LogP contribution in [0.5, 0.6) is 0 Å². The van der Waals surface area contributed by atoms with Crippen molar-refractivity contribution in [3.63, 3.8) is 0 Å². The number of aliphatic hydroxyl groups is 3. The topological polar surface area (TPSA) is 60.7 Å². The van der Waals surface area contributed by atoms with Crippen LogP contribution >= 0.6 is 0 Å². The van der Waals surface area contributed by atoms with Gasteiger partial charge in [-0.05, 0) is 19.3 Å². The molecule has 0 unspecified atom stereocenters. The van der Waals surface area contributed by atoms with Crippen molar-refractivity contribution in [3.8, 4) is 0 Å². The lowest BCUT2D eigenvalue weighted by Gasteiger charge is -2.04. The number of hydrogen-bond acceptors (Lipinski definition) is 3. The molecule has 0 aliphatic heterocycles. The lowest BCUT2D eigenvalue weighted by molar-refractivity contribution is 0.282. The maximum atomic E-state index is 8.74. The van der Waals surface area contributed by atoms with Crippen molar-refractivity contribution in [1.82, 2.24) is 0 Å². The molecule has 0 saturated heterocycles. The second-order valence-corrected chi connectivity index (χ2v) is 19.5. The minimum atomic E-state index is 0.372. The Labute approximate surface area is 388 Å². The second-order valence-electron chi connectivity index (χ2n) is 19.5. The van der Waals surface area contributed by atoms with Gasteiger partial charge in [0.05, 0.1) is 0 Å². The van der Waals surface area contributed by atoms with Crippen LogP contribution in [0.4, 0.5) is 0 Å². The molecule has 0 aromatic rings. The van der Waals surface area contributed by atoms with Crippen LogP contribution in [0.1, 0.15) is 355 Å². The van der Waals surface area contributed by atoms with E-state index in [0.29, 0.717) is 19.8 Å². The van der Waals surface area contributed by atoms with Crippen molar-refractivity contribution < 1.29 is 15.3 Å². The van der Waals surface area contributed by atoms with Gasteiger partial charge >= 0.3 is 0 Å². The highest BCUT2D eigenvalue weighted by atomic mass is 16.3. The zero-order valence-electron chi connectivity index (χ0n) is 43.2. The highest BCUT2D eigenvalue weighted by molar-refractivity contribution is 4.53. The molecule has 3 nitrogen and oxygen atoms in total. The normalized spacial score (nSPS) is 11.1. The molecule has 3 heteroatoms. The molecule has 0 fully saturated rings. The molecule has 0 aliphatic carbocycles. The van der Waals surface area contributed by atoms with Gasteiger partial charge in [-0.2, -0.15) is 0 Å². The molecule has 61 heavy (non-hydrogen) atoms. The van der Waals surface area contributed by atoms with Gasteiger partial charge in [-0.3, -0.25) is 0 Å². The molecule has 0 saturated carbocycles. The molecule has 0 heterocycles. The molecule has 0 aliphatic rings. The summed E-state index contributed by atoms with van der Waals surface area (Å²) < 4.78 is 0. The van der Waals surface area contributed by atoms with E-state index in [9.17, 15) is 0 Å². The highest BCUT2D eigenvalue weighted by Crippen LogP contribution is 2.17. The Morgan fingerprint density at radius 1 is 0.131 bits per heavy atom. The van der Waals surface area contributed by atoms with Gasteiger partial charge in [0.15, 0.2) is 0 Å². The third-order valence-corrected chi connectivity index (χ3v) is 13.0. The molecule has 0 radical (unpaired) electrons. The van der Waals surface area contributed by atoms with Gasteiger partial charge < -0.3 is 15.3 Å². The molecule has 0 aromatic carbocycles. The second kappa shape index (κ2) is 68.9. The third kappa shape index (κ3) is 74.5. The first-order chi connectivity index (χ1) is 30.2. The lowest BCUT2D eigenvalue weighted by atomic mass is 10.0. The molecular formula is C58H122O3. The fourth-order valence-corrected chi connectivity index (χ4v) is 8.69. The maximum absolute atomic E-state index is 8.74. The summed E-state index contributed by atoms with van der Waals surface area (Å²) in [4.78, 5) is 0. The van der Waals surface area contributed by atoms with Crippen molar-refractivity contribution in [2.24, 2.45) is 0 Å². The van der Waals surface area contributed by atoms with E-state index in [1.165, 1.54) is 315 Å². The number of rotatable bonds is 52. The quantitative estimate of drug-likeness (QED) is 0.0534. The summed E-state index contributed by atoms with van der Waals surface area (Å²) in [6.07, 6.45) is 72.5. The van der Waals surface area contributed by atoms with Crippen molar-refractivity contribution in [1.29, 1.82) is 0 Å². The van der Waals surface area contributed by atoms with Crippen LogP contribution in [0.2, 0.25) is 0 Å². The zero-order valence-corrected chi connectivity index (χ0v) is 43.2. The number of hydrogen-bond donors (Lipinski definition) is 3. The molecule has 0 amide bonds. The van der Waals surface area contributed by atoms with Crippen LogP contribution in [-0.2, 0) is 0 Å². The summed E-state index contributed by atoms with van der Waals surface area (Å²) in [7, 11) is 0. The van der Waals surface area contributed by atoms with E-state index in [1.807, 2.05) is 0 Å². The van der Waals surface area contributed by atoms with Gasteiger partial charge in [0.1, 0.15) is 0 Å². The fraction of sp³-hybridized carbons (Fsp3) is 1.00. The first-order valence-corrected chi connectivity index (χ1v) is 29.1. The van der Waals surface area contributed by atoms with Crippen LogP contribution in [0, 0.1) is 0 Å². The Morgan fingerprint density at radius 3 is 0.295 bits per heavy atom. The Balaban J connectivity index is -0.000000888. The Morgan fingerprint density at radius 2 is 0.213 bits per heavy atom. The van der Waals surface area contributed by atoms with Gasteiger partial charge in [-0.15, -0.1) is 0 Å². The predicted molar refractivity (Wildman–Crippen MR) is 278 cm³/mol.